The molecule has 122 valence electrons. The quantitative estimate of drug-likeness (QED) is 0.784. The Morgan fingerprint density at radius 3 is 2.62 bits per heavy atom. The first kappa shape index (κ1) is 16.1. The number of nitrogens with zero attached hydrogens (tertiary/aromatic N) is 4. The molecule has 0 bridgehead atoms. The molecule has 0 amide bonds. The largest absolute Gasteiger partial charge is 0.478 e. The molecule has 0 radical (unpaired) electrons. The second-order valence-electron chi connectivity index (χ2n) is 5.29. The van der Waals surface area contributed by atoms with Gasteiger partial charge in [0.15, 0.2) is 5.82 Å². The molecule has 0 aliphatic heterocycles. The molecule has 0 atom stereocenters. The van der Waals surface area contributed by atoms with Crippen molar-refractivity contribution in [3.8, 4) is 16.8 Å². The fourth-order valence-corrected chi connectivity index (χ4v) is 3.04. The van der Waals surface area contributed by atoms with Crippen molar-refractivity contribution in [1.29, 1.82) is 0 Å². The molecule has 0 unspecified atom stereocenters. The molecular formula is C17H15ClN4O2. The number of rotatable bonds is 4. The lowest BCUT2D eigenvalue weighted by Gasteiger charge is -2.15. The maximum atomic E-state index is 11.8. The smallest absolute Gasteiger partial charge is 0.337 e. The Kier molecular flexibility index (Phi) is 4.31. The van der Waals surface area contributed by atoms with Gasteiger partial charge < -0.3 is 5.11 Å². The predicted molar refractivity (Wildman–Crippen MR) is 90.7 cm³/mol. The Bertz CT molecular complexity index is 906. The van der Waals surface area contributed by atoms with Gasteiger partial charge in [-0.25, -0.2) is 4.79 Å². The Hall–Kier alpha value is -2.73. The molecule has 3 aromatic rings. The highest BCUT2D eigenvalue weighted by Gasteiger charge is 2.22. The van der Waals surface area contributed by atoms with Gasteiger partial charge in [0.05, 0.1) is 16.3 Å². The maximum absolute atomic E-state index is 11.8. The summed E-state index contributed by atoms with van der Waals surface area (Å²) < 4.78 is 1.56. The van der Waals surface area contributed by atoms with Crippen LogP contribution >= 0.6 is 11.6 Å². The van der Waals surface area contributed by atoms with Gasteiger partial charge in [-0.15, -0.1) is 5.10 Å². The molecule has 3 rings (SSSR count). The summed E-state index contributed by atoms with van der Waals surface area (Å²) in [5.74, 6) is -0.432. The maximum Gasteiger partial charge on any atom is 0.337 e. The summed E-state index contributed by atoms with van der Waals surface area (Å²) >= 11 is 6.41. The number of benzene rings is 2. The third-order valence-electron chi connectivity index (χ3n) is 3.87. The summed E-state index contributed by atoms with van der Waals surface area (Å²) in [6, 6.07) is 11.2. The minimum Gasteiger partial charge on any atom is -0.478 e. The van der Waals surface area contributed by atoms with E-state index in [1.54, 1.807) is 11.6 Å². The van der Waals surface area contributed by atoms with Crippen molar-refractivity contribution in [2.24, 2.45) is 0 Å². The molecule has 1 N–H and O–H groups in total. The number of aryl methyl sites for hydroxylation is 1. The molecular weight excluding hydrogens is 328 g/mol. The van der Waals surface area contributed by atoms with E-state index in [1.807, 2.05) is 43.3 Å². The zero-order chi connectivity index (χ0) is 17.3. The minimum atomic E-state index is -1.08. The number of aromatic nitrogens is 4. The summed E-state index contributed by atoms with van der Waals surface area (Å²) in [6.07, 6.45) is 0.623. The predicted octanol–water partition coefficient (Wildman–Crippen LogP) is 3.55. The third kappa shape index (κ3) is 2.65. The number of carbonyl (C=O) groups is 1. The topological polar surface area (TPSA) is 80.9 Å². The van der Waals surface area contributed by atoms with E-state index < -0.39 is 5.97 Å². The lowest BCUT2D eigenvalue weighted by molar-refractivity contribution is 0.0696. The summed E-state index contributed by atoms with van der Waals surface area (Å²) in [4.78, 5) is 11.8. The normalized spacial score (nSPS) is 10.8. The molecule has 7 heteroatoms. The van der Waals surface area contributed by atoms with Gasteiger partial charge >= 0.3 is 5.97 Å². The van der Waals surface area contributed by atoms with Crippen LogP contribution in [0.2, 0.25) is 5.02 Å². The van der Waals surface area contributed by atoms with E-state index in [2.05, 4.69) is 15.5 Å². The Labute approximate surface area is 143 Å². The zero-order valence-corrected chi connectivity index (χ0v) is 13.9. The molecule has 1 aromatic heterocycles. The van der Waals surface area contributed by atoms with Crippen molar-refractivity contribution in [3.63, 3.8) is 0 Å². The van der Waals surface area contributed by atoms with Crippen LogP contribution in [0, 0.1) is 6.92 Å². The van der Waals surface area contributed by atoms with Crippen molar-refractivity contribution in [2.45, 2.75) is 20.3 Å². The second kappa shape index (κ2) is 6.41. The number of carboxylic acids is 1. The summed E-state index contributed by atoms with van der Waals surface area (Å²) in [7, 11) is 0. The monoisotopic (exact) mass is 342 g/mol. The van der Waals surface area contributed by atoms with Crippen molar-refractivity contribution in [3.05, 3.63) is 58.4 Å². The van der Waals surface area contributed by atoms with E-state index in [4.69, 9.17) is 11.6 Å². The first-order valence-corrected chi connectivity index (χ1v) is 7.81. The third-order valence-corrected chi connectivity index (χ3v) is 4.27. The number of aromatic carboxylic acids is 1. The summed E-state index contributed by atoms with van der Waals surface area (Å²) in [5.41, 5.74) is 2.66. The second-order valence-corrected chi connectivity index (χ2v) is 5.67. The SMILES string of the molecule is CCc1nnnn1-c1cc(-c2ccccc2)c(Cl)c(C(=O)O)c1C. The van der Waals surface area contributed by atoms with Crippen LogP contribution in [0.25, 0.3) is 16.8 Å². The van der Waals surface area contributed by atoms with E-state index in [-0.39, 0.29) is 10.6 Å². The van der Waals surface area contributed by atoms with Crippen LogP contribution in [0.15, 0.2) is 36.4 Å². The molecule has 0 fully saturated rings. The fourth-order valence-electron chi connectivity index (χ4n) is 2.65. The standard InChI is InChI=1S/C17H15ClN4O2/c1-3-14-19-20-21-22(14)13-9-12(11-7-5-4-6-8-11)16(18)15(10(13)2)17(23)24/h4-9H,3H2,1-2H3,(H,23,24). The lowest BCUT2D eigenvalue weighted by atomic mass is 9.97. The number of tetrazole rings is 1. The van der Waals surface area contributed by atoms with Gasteiger partial charge in [0.1, 0.15) is 0 Å². The highest BCUT2D eigenvalue weighted by atomic mass is 35.5. The van der Waals surface area contributed by atoms with Gasteiger partial charge in [0, 0.05) is 12.0 Å². The van der Waals surface area contributed by atoms with Crippen molar-refractivity contribution in [2.75, 3.05) is 0 Å². The van der Waals surface area contributed by atoms with Crippen molar-refractivity contribution < 1.29 is 9.90 Å². The highest BCUT2D eigenvalue weighted by Crippen LogP contribution is 2.36. The van der Waals surface area contributed by atoms with Gasteiger partial charge in [-0.2, -0.15) is 4.68 Å². The number of hydrogen-bond donors (Lipinski definition) is 1. The van der Waals surface area contributed by atoms with Crippen LogP contribution in [0.3, 0.4) is 0 Å². The fraction of sp³-hybridized carbons (Fsp3) is 0.176. The van der Waals surface area contributed by atoms with E-state index >= 15 is 0 Å². The molecule has 0 aliphatic rings. The number of hydrogen-bond acceptors (Lipinski definition) is 4. The van der Waals surface area contributed by atoms with Crippen LogP contribution < -0.4 is 0 Å². The van der Waals surface area contributed by atoms with Gasteiger partial charge in [0.25, 0.3) is 0 Å². The van der Waals surface area contributed by atoms with E-state index in [0.29, 0.717) is 29.1 Å². The number of halogens is 1. The Morgan fingerprint density at radius 2 is 2.00 bits per heavy atom. The van der Waals surface area contributed by atoms with E-state index in [1.165, 1.54) is 0 Å². The Morgan fingerprint density at radius 1 is 1.29 bits per heavy atom. The summed E-state index contributed by atoms with van der Waals surface area (Å²) in [6.45, 7) is 3.64. The Balaban J connectivity index is 2.35. The zero-order valence-electron chi connectivity index (χ0n) is 13.2. The molecule has 1 heterocycles. The average Bonchev–Trinajstić information content (AvgIpc) is 3.04. The lowest BCUT2D eigenvalue weighted by Crippen LogP contribution is -2.10. The molecule has 0 saturated heterocycles. The van der Waals surface area contributed by atoms with Crippen LogP contribution in [0.4, 0.5) is 0 Å². The average molecular weight is 343 g/mol. The van der Waals surface area contributed by atoms with Crippen LogP contribution in [0.5, 0.6) is 0 Å². The molecule has 2 aromatic carbocycles. The number of carboxylic acid groups (broad SMARTS) is 1. The van der Waals surface area contributed by atoms with Crippen molar-refractivity contribution in [1.82, 2.24) is 20.2 Å². The van der Waals surface area contributed by atoms with Gasteiger partial charge in [-0.3, -0.25) is 0 Å². The molecule has 6 nitrogen and oxygen atoms in total. The van der Waals surface area contributed by atoms with Gasteiger partial charge in [-0.05, 0) is 34.5 Å². The molecule has 0 aliphatic carbocycles. The van der Waals surface area contributed by atoms with Crippen molar-refractivity contribution >= 4 is 17.6 Å². The molecule has 24 heavy (non-hydrogen) atoms. The first-order valence-electron chi connectivity index (χ1n) is 7.44. The van der Waals surface area contributed by atoms with E-state index in [0.717, 1.165) is 5.56 Å². The van der Waals surface area contributed by atoms with E-state index in [9.17, 15) is 9.90 Å². The first-order chi connectivity index (χ1) is 11.5. The van der Waals surface area contributed by atoms with Gasteiger partial charge in [-0.1, -0.05) is 48.9 Å². The summed E-state index contributed by atoms with van der Waals surface area (Å²) in [5, 5.41) is 21.5. The minimum absolute atomic E-state index is 0.0607. The van der Waals surface area contributed by atoms with Crippen LogP contribution in [-0.4, -0.2) is 31.3 Å². The van der Waals surface area contributed by atoms with Gasteiger partial charge in [0.2, 0.25) is 0 Å². The van der Waals surface area contributed by atoms with Crippen LogP contribution in [0.1, 0.15) is 28.7 Å². The highest BCUT2D eigenvalue weighted by molar-refractivity contribution is 6.36. The van der Waals surface area contributed by atoms with Crippen LogP contribution in [-0.2, 0) is 6.42 Å². The molecule has 0 spiro atoms. The molecule has 0 saturated carbocycles.